The molecule has 0 amide bonds. The molecule has 2 heterocycles. The van der Waals surface area contributed by atoms with Gasteiger partial charge in [0.2, 0.25) is 0 Å². The molecule has 5 nitrogen and oxygen atoms in total. The van der Waals surface area contributed by atoms with Gasteiger partial charge in [0.1, 0.15) is 10.4 Å². The van der Waals surface area contributed by atoms with Crippen LogP contribution in [-0.2, 0) is 14.3 Å². The summed E-state index contributed by atoms with van der Waals surface area (Å²) in [6.45, 7) is 7.00. The number of hydrogen-bond donors (Lipinski definition) is 0. The van der Waals surface area contributed by atoms with Gasteiger partial charge in [-0.2, -0.15) is 5.10 Å². The van der Waals surface area contributed by atoms with Gasteiger partial charge in [-0.05, 0) is 27.2 Å². The van der Waals surface area contributed by atoms with Crippen LogP contribution in [0.1, 0.15) is 43.6 Å². The fraction of sp³-hybridized carbons (Fsp3) is 0.529. The maximum atomic E-state index is 12.4. The maximum absolute atomic E-state index is 12.4. The number of esters is 1. The van der Waals surface area contributed by atoms with Gasteiger partial charge in [-0.3, -0.25) is 9.48 Å². The van der Waals surface area contributed by atoms with Gasteiger partial charge < -0.3 is 9.47 Å². The number of para-hydroxylation sites is 1. The fourth-order valence-electron chi connectivity index (χ4n) is 2.81. The van der Waals surface area contributed by atoms with E-state index in [0.29, 0.717) is 6.61 Å². The van der Waals surface area contributed by atoms with Crippen molar-refractivity contribution in [1.29, 1.82) is 0 Å². The van der Waals surface area contributed by atoms with E-state index in [1.54, 1.807) is 0 Å². The van der Waals surface area contributed by atoms with Crippen LogP contribution in [0.15, 0.2) is 24.4 Å². The number of aromatic nitrogens is 2. The van der Waals surface area contributed by atoms with E-state index in [9.17, 15) is 4.79 Å². The molecule has 0 saturated carbocycles. The molecule has 124 valence electrons. The Morgan fingerprint density at radius 1 is 1.48 bits per heavy atom. The van der Waals surface area contributed by atoms with Gasteiger partial charge >= 0.3 is 5.97 Å². The Morgan fingerprint density at radius 3 is 2.91 bits per heavy atom. The largest absolute Gasteiger partial charge is 0.459 e. The zero-order chi connectivity index (χ0) is 16.6. The lowest BCUT2D eigenvalue weighted by atomic mass is 10.1. The third-order valence-electron chi connectivity index (χ3n) is 3.79. The molecule has 1 aromatic heterocycles. The topological polar surface area (TPSA) is 53.3 Å². The van der Waals surface area contributed by atoms with E-state index in [1.807, 2.05) is 49.8 Å². The summed E-state index contributed by atoms with van der Waals surface area (Å²) in [5, 5.41) is 5.53. The van der Waals surface area contributed by atoms with E-state index in [4.69, 9.17) is 9.47 Å². The van der Waals surface area contributed by atoms with Crippen molar-refractivity contribution in [1.82, 2.24) is 9.78 Å². The molecule has 0 spiro atoms. The normalized spacial score (nSPS) is 19.9. The van der Waals surface area contributed by atoms with Crippen LogP contribution in [0.4, 0.5) is 0 Å². The van der Waals surface area contributed by atoms with E-state index in [1.165, 1.54) is 0 Å². The highest BCUT2D eigenvalue weighted by Crippen LogP contribution is 2.34. The van der Waals surface area contributed by atoms with Gasteiger partial charge in [-0.15, -0.1) is 0 Å². The van der Waals surface area contributed by atoms with Crippen molar-refractivity contribution in [3.63, 3.8) is 0 Å². The molecule has 1 aromatic carbocycles. The molecule has 6 heteroatoms. The zero-order valence-corrected chi connectivity index (χ0v) is 15.2. The van der Waals surface area contributed by atoms with Crippen molar-refractivity contribution in [3.05, 3.63) is 30.0 Å². The van der Waals surface area contributed by atoms with Crippen LogP contribution in [0.3, 0.4) is 0 Å². The molecule has 1 aliphatic rings. The molecule has 1 fully saturated rings. The van der Waals surface area contributed by atoms with E-state index in [-0.39, 0.29) is 12.0 Å². The minimum atomic E-state index is -0.525. The molecule has 3 rings (SSSR count). The van der Waals surface area contributed by atoms with Gasteiger partial charge in [0.05, 0.1) is 24.4 Å². The zero-order valence-electron chi connectivity index (χ0n) is 13.6. The predicted molar refractivity (Wildman–Crippen MR) is 91.7 cm³/mol. The van der Waals surface area contributed by atoms with Crippen LogP contribution in [0.2, 0.25) is 0 Å². The molecule has 23 heavy (non-hydrogen) atoms. The summed E-state index contributed by atoms with van der Waals surface area (Å²) in [7, 11) is 0. The SMILES string of the molecule is CC(C)(C)OC(=O)C(Br)c1cccc2cnn([C@H]3CCOC3)c12. The third kappa shape index (κ3) is 3.43. The summed E-state index contributed by atoms with van der Waals surface area (Å²) in [6, 6.07) is 6.10. The minimum Gasteiger partial charge on any atom is -0.459 e. The molecule has 2 atom stereocenters. The number of halogens is 1. The first kappa shape index (κ1) is 16.5. The molecule has 0 bridgehead atoms. The summed E-state index contributed by atoms with van der Waals surface area (Å²) >= 11 is 3.51. The molecule has 0 aliphatic carbocycles. The fourth-order valence-corrected chi connectivity index (χ4v) is 3.27. The van der Waals surface area contributed by atoms with E-state index in [0.717, 1.165) is 29.5 Å². The Morgan fingerprint density at radius 2 is 2.26 bits per heavy atom. The summed E-state index contributed by atoms with van der Waals surface area (Å²) < 4.78 is 13.0. The lowest BCUT2D eigenvalue weighted by Gasteiger charge is -2.22. The van der Waals surface area contributed by atoms with Gasteiger partial charge in [0.15, 0.2) is 0 Å². The second-order valence-electron chi connectivity index (χ2n) is 6.79. The highest BCUT2D eigenvalue weighted by molar-refractivity contribution is 9.09. The number of carbonyl (C=O) groups excluding carboxylic acids is 1. The molecule has 1 aliphatic heterocycles. The van der Waals surface area contributed by atoms with Crippen molar-refractivity contribution in [2.45, 2.75) is 43.7 Å². The Bertz CT molecular complexity index is 714. The van der Waals surface area contributed by atoms with Crippen LogP contribution in [0, 0.1) is 0 Å². The molecular weight excluding hydrogens is 360 g/mol. The lowest BCUT2D eigenvalue weighted by Crippen LogP contribution is -2.26. The first-order valence-corrected chi connectivity index (χ1v) is 8.69. The summed E-state index contributed by atoms with van der Waals surface area (Å²) in [6.07, 6.45) is 2.77. The third-order valence-corrected chi connectivity index (χ3v) is 4.65. The van der Waals surface area contributed by atoms with Crippen molar-refractivity contribution in [3.8, 4) is 0 Å². The number of nitrogens with zero attached hydrogens (tertiary/aromatic N) is 2. The van der Waals surface area contributed by atoms with E-state index < -0.39 is 10.4 Å². The first-order valence-electron chi connectivity index (χ1n) is 7.77. The van der Waals surface area contributed by atoms with Crippen LogP contribution in [0.25, 0.3) is 10.9 Å². The predicted octanol–water partition coefficient (Wildman–Crippen LogP) is 3.78. The quantitative estimate of drug-likeness (QED) is 0.600. The number of carbonyl (C=O) groups is 1. The number of benzene rings is 1. The second kappa shape index (κ2) is 6.24. The molecule has 0 N–H and O–H groups in total. The van der Waals surface area contributed by atoms with Gasteiger partial charge in [-0.1, -0.05) is 34.1 Å². The molecule has 2 aromatic rings. The lowest BCUT2D eigenvalue weighted by molar-refractivity contribution is -0.154. The van der Waals surface area contributed by atoms with Crippen LogP contribution in [-0.4, -0.2) is 34.6 Å². The number of alkyl halides is 1. The van der Waals surface area contributed by atoms with Crippen molar-refractivity contribution in [2.75, 3.05) is 13.2 Å². The number of fused-ring (bicyclic) bond motifs is 1. The average molecular weight is 381 g/mol. The van der Waals surface area contributed by atoms with Crippen molar-refractivity contribution < 1.29 is 14.3 Å². The smallest absolute Gasteiger partial charge is 0.324 e. The van der Waals surface area contributed by atoms with Crippen LogP contribution >= 0.6 is 15.9 Å². The van der Waals surface area contributed by atoms with Crippen LogP contribution in [0.5, 0.6) is 0 Å². The highest BCUT2D eigenvalue weighted by Gasteiger charge is 2.28. The number of rotatable bonds is 3. The second-order valence-corrected chi connectivity index (χ2v) is 7.70. The molecule has 1 unspecified atom stereocenters. The van der Waals surface area contributed by atoms with Gasteiger partial charge in [-0.25, -0.2) is 0 Å². The first-order chi connectivity index (χ1) is 10.9. The molecule has 0 radical (unpaired) electrons. The average Bonchev–Trinajstić information content (AvgIpc) is 3.12. The van der Waals surface area contributed by atoms with Crippen molar-refractivity contribution >= 4 is 32.8 Å². The van der Waals surface area contributed by atoms with E-state index >= 15 is 0 Å². The van der Waals surface area contributed by atoms with Crippen LogP contribution < -0.4 is 0 Å². The minimum absolute atomic E-state index is 0.215. The molecule has 1 saturated heterocycles. The number of ether oxygens (including phenoxy) is 2. The Labute approximate surface area is 144 Å². The Balaban J connectivity index is 1.99. The van der Waals surface area contributed by atoms with Crippen molar-refractivity contribution in [2.24, 2.45) is 0 Å². The summed E-state index contributed by atoms with van der Waals surface area (Å²) in [4.78, 5) is 11.9. The Hall–Kier alpha value is -1.40. The van der Waals surface area contributed by atoms with Gasteiger partial charge in [0, 0.05) is 17.6 Å². The maximum Gasteiger partial charge on any atom is 0.324 e. The van der Waals surface area contributed by atoms with Gasteiger partial charge in [0.25, 0.3) is 0 Å². The highest BCUT2D eigenvalue weighted by atomic mass is 79.9. The Kier molecular flexibility index (Phi) is 4.47. The number of hydrogen-bond acceptors (Lipinski definition) is 4. The summed E-state index contributed by atoms with van der Waals surface area (Å²) in [5.41, 5.74) is 1.33. The van der Waals surface area contributed by atoms with E-state index in [2.05, 4.69) is 21.0 Å². The monoisotopic (exact) mass is 380 g/mol. The standard InChI is InChI=1S/C17H21BrN2O3/c1-17(2,3)23-16(21)14(18)13-6-4-5-11-9-19-20(15(11)13)12-7-8-22-10-12/h4-6,9,12,14H,7-8,10H2,1-3H3/t12-,14?/m0/s1. The summed E-state index contributed by atoms with van der Waals surface area (Å²) in [5.74, 6) is -0.291. The molecular formula is C17H21BrN2O3.